The maximum absolute atomic E-state index is 14.6. The van der Waals surface area contributed by atoms with Crippen molar-refractivity contribution in [2.24, 2.45) is 55.7 Å². The summed E-state index contributed by atoms with van der Waals surface area (Å²) in [6.45, 7) is 25.3. The molecule has 10 atom stereocenters. The number of allylic oxidation sites excluding steroid dienone is 1. The molecule has 0 bridgehead atoms. The highest BCUT2D eigenvalue weighted by Crippen LogP contribution is 2.84. The molecule has 0 spiro atoms. The molecule has 1 heterocycles. The van der Waals surface area contributed by atoms with Crippen LogP contribution in [0.1, 0.15) is 125 Å². The van der Waals surface area contributed by atoms with Crippen molar-refractivity contribution in [2.45, 2.75) is 132 Å². The van der Waals surface area contributed by atoms with Gasteiger partial charge in [0.1, 0.15) is 0 Å². The number of aliphatic hydroxyl groups excluding tert-OH is 1. The molecule has 4 heteroatoms. The van der Waals surface area contributed by atoms with E-state index in [9.17, 15) is 9.90 Å². The van der Waals surface area contributed by atoms with Crippen LogP contribution in [0.15, 0.2) is 36.7 Å². The molecule has 5 aliphatic rings. The molecule has 238 valence electrons. The quantitative estimate of drug-likeness (QED) is 0.339. The van der Waals surface area contributed by atoms with Gasteiger partial charge < -0.3 is 10.4 Å². The van der Waals surface area contributed by atoms with Gasteiger partial charge in [-0.2, -0.15) is 0 Å². The largest absolute Gasteiger partial charge is 0.393 e. The van der Waals surface area contributed by atoms with Crippen LogP contribution in [0.5, 0.6) is 0 Å². The molecule has 43 heavy (non-hydrogen) atoms. The number of carbonyl (C=O) groups excluding carboxylic acids is 1. The van der Waals surface area contributed by atoms with Gasteiger partial charge in [0.05, 0.1) is 11.5 Å². The average molecular weight is 589 g/mol. The summed E-state index contributed by atoms with van der Waals surface area (Å²) in [4.78, 5) is 18.8. The second-order valence-electron chi connectivity index (χ2n) is 17.7. The molecule has 2 N–H and O–H groups in total. The van der Waals surface area contributed by atoms with Crippen molar-refractivity contribution >= 4 is 5.91 Å². The minimum atomic E-state index is -0.357. The molecule has 0 radical (unpaired) electrons. The smallest absolute Gasteiger partial charge is 0.226 e. The molecule has 3 unspecified atom stereocenters. The number of fused-ring (bicyclic) bond motifs is 7. The van der Waals surface area contributed by atoms with Gasteiger partial charge in [-0.3, -0.25) is 9.78 Å². The SMILES string of the molecule is C=C(C)[C@@H]1CCC2(C(=O)NCCc3ccncc3)CC[C@@]3(C)[C@]4(C)CC[C@H]5C(C)(C)[C@@H](O)CC[C@]5(C)C4CC[C@]3(C)C12C. The summed E-state index contributed by atoms with van der Waals surface area (Å²) >= 11 is 0. The second kappa shape index (κ2) is 9.91. The lowest BCUT2D eigenvalue weighted by Gasteiger charge is -2.78. The van der Waals surface area contributed by atoms with E-state index in [1.807, 2.05) is 12.4 Å². The molecule has 5 fully saturated rings. The van der Waals surface area contributed by atoms with Crippen molar-refractivity contribution in [3.63, 3.8) is 0 Å². The zero-order valence-corrected chi connectivity index (χ0v) is 28.6. The first-order valence-electron chi connectivity index (χ1n) is 17.6. The number of aliphatic hydroxyl groups is 1. The normalized spacial score (nSPS) is 48.3. The molecule has 5 aliphatic carbocycles. The highest BCUT2D eigenvalue weighted by Gasteiger charge is 2.79. The fourth-order valence-electron chi connectivity index (χ4n) is 13.9. The lowest BCUT2D eigenvalue weighted by molar-refractivity contribution is -0.297. The molecule has 1 aromatic rings. The summed E-state index contributed by atoms with van der Waals surface area (Å²) in [6.07, 6.45) is 15.4. The lowest BCUT2D eigenvalue weighted by Crippen LogP contribution is -2.73. The van der Waals surface area contributed by atoms with E-state index < -0.39 is 0 Å². The van der Waals surface area contributed by atoms with Crippen molar-refractivity contribution < 1.29 is 9.90 Å². The first kappa shape index (κ1) is 31.3. The molecule has 4 nitrogen and oxygen atoms in total. The molecular weight excluding hydrogens is 528 g/mol. The Hall–Kier alpha value is -1.68. The number of nitrogens with one attached hydrogen (secondary N) is 1. The number of aromatic nitrogens is 1. The number of carbonyl (C=O) groups is 1. The number of pyridine rings is 1. The zero-order chi connectivity index (χ0) is 31.3. The van der Waals surface area contributed by atoms with Gasteiger partial charge in [-0.15, -0.1) is 0 Å². The number of hydrogen-bond acceptors (Lipinski definition) is 3. The number of hydrogen-bond donors (Lipinski definition) is 2. The van der Waals surface area contributed by atoms with Crippen LogP contribution in [-0.2, 0) is 11.2 Å². The van der Waals surface area contributed by atoms with Crippen molar-refractivity contribution in [3.8, 4) is 0 Å². The number of nitrogens with zero attached hydrogens (tertiary/aromatic N) is 1. The summed E-state index contributed by atoms with van der Waals surface area (Å²) < 4.78 is 0. The predicted molar refractivity (Wildman–Crippen MR) is 175 cm³/mol. The van der Waals surface area contributed by atoms with Gasteiger partial charge in [0.2, 0.25) is 5.91 Å². The monoisotopic (exact) mass is 588 g/mol. The fourth-order valence-corrected chi connectivity index (χ4v) is 13.9. The maximum atomic E-state index is 14.6. The van der Waals surface area contributed by atoms with Crippen molar-refractivity contribution in [1.29, 1.82) is 0 Å². The Morgan fingerprint density at radius 1 is 0.884 bits per heavy atom. The van der Waals surface area contributed by atoms with E-state index in [1.54, 1.807) is 0 Å². The van der Waals surface area contributed by atoms with Crippen LogP contribution in [0.2, 0.25) is 0 Å². The van der Waals surface area contributed by atoms with E-state index in [2.05, 4.69) is 84.4 Å². The van der Waals surface area contributed by atoms with E-state index >= 15 is 0 Å². The average Bonchev–Trinajstić information content (AvgIpc) is 3.28. The third-order valence-electron chi connectivity index (χ3n) is 16.7. The topological polar surface area (TPSA) is 62.2 Å². The Balaban J connectivity index is 1.37. The van der Waals surface area contributed by atoms with Crippen LogP contribution < -0.4 is 5.32 Å². The van der Waals surface area contributed by atoms with Gasteiger partial charge in [0.25, 0.3) is 0 Å². The van der Waals surface area contributed by atoms with E-state index in [0.717, 1.165) is 44.9 Å². The molecular formula is C39H60N2O2. The Labute approximate surface area is 262 Å². The van der Waals surface area contributed by atoms with Gasteiger partial charge in [-0.25, -0.2) is 0 Å². The number of rotatable bonds is 5. The van der Waals surface area contributed by atoms with E-state index in [4.69, 9.17) is 0 Å². The van der Waals surface area contributed by atoms with Crippen LogP contribution in [0.25, 0.3) is 0 Å². The summed E-state index contributed by atoms with van der Waals surface area (Å²) in [5, 5.41) is 14.6. The number of amides is 1. The lowest BCUT2D eigenvalue weighted by atomic mass is 9.26. The first-order valence-corrected chi connectivity index (χ1v) is 17.6. The van der Waals surface area contributed by atoms with Crippen LogP contribution in [-0.4, -0.2) is 28.6 Å². The Bertz CT molecular complexity index is 1280. The Kier molecular flexibility index (Phi) is 7.21. The third-order valence-corrected chi connectivity index (χ3v) is 16.7. The maximum Gasteiger partial charge on any atom is 0.226 e. The van der Waals surface area contributed by atoms with Gasteiger partial charge in [-0.1, -0.05) is 60.6 Å². The molecule has 1 amide bonds. The summed E-state index contributed by atoms with van der Waals surface area (Å²) in [7, 11) is 0. The summed E-state index contributed by atoms with van der Waals surface area (Å²) in [6, 6.07) is 4.10. The zero-order valence-electron chi connectivity index (χ0n) is 28.6. The van der Waals surface area contributed by atoms with Crippen LogP contribution in [0.4, 0.5) is 0 Å². The standard InChI is InChI=1S/C39H60N2O2/c1-26(2)28-10-20-39(32(43)41-25-16-27-14-23-40-24-15-27)22-21-36(7)35(6)18-11-29-33(3,4)31(42)13-17-34(29,5)30(35)12-19-37(36,8)38(28,39)9/h14-15,23-24,28-31,42H,1,10-13,16-22,25H2,2-9H3,(H,41,43)/t28-,29-,30?,31-,34-,35+,36-,37-,38?,39?/m0/s1. The highest BCUT2D eigenvalue weighted by atomic mass is 16.3. The van der Waals surface area contributed by atoms with Gasteiger partial charge in [0, 0.05) is 18.9 Å². The minimum absolute atomic E-state index is 0.0267. The van der Waals surface area contributed by atoms with Crippen molar-refractivity contribution in [2.75, 3.05) is 6.54 Å². The highest BCUT2D eigenvalue weighted by molar-refractivity contribution is 5.85. The Morgan fingerprint density at radius 2 is 1.56 bits per heavy atom. The molecule has 0 aliphatic heterocycles. The molecule has 1 aromatic heterocycles. The first-order chi connectivity index (χ1) is 20.1. The summed E-state index contributed by atoms with van der Waals surface area (Å²) in [5.41, 5.74) is 2.57. The van der Waals surface area contributed by atoms with Crippen LogP contribution in [0.3, 0.4) is 0 Å². The van der Waals surface area contributed by atoms with Crippen LogP contribution in [0, 0.1) is 55.7 Å². The Morgan fingerprint density at radius 3 is 2.23 bits per heavy atom. The van der Waals surface area contributed by atoms with Gasteiger partial charge in [0.15, 0.2) is 0 Å². The second-order valence-corrected chi connectivity index (χ2v) is 17.7. The summed E-state index contributed by atoms with van der Waals surface area (Å²) in [5.74, 6) is 1.87. The minimum Gasteiger partial charge on any atom is -0.393 e. The van der Waals surface area contributed by atoms with Gasteiger partial charge >= 0.3 is 0 Å². The predicted octanol–water partition coefficient (Wildman–Crippen LogP) is 8.54. The van der Waals surface area contributed by atoms with Crippen molar-refractivity contribution in [1.82, 2.24) is 10.3 Å². The molecule has 0 saturated heterocycles. The van der Waals surface area contributed by atoms with E-state index in [-0.39, 0.29) is 44.0 Å². The third kappa shape index (κ3) is 3.77. The van der Waals surface area contributed by atoms with E-state index in [1.165, 1.54) is 36.8 Å². The molecule has 5 saturated carbocycles. The van der Waals surface area contributed by atoms with Crippen LogP contribution >= 0.6 is 0 Å². The van der Waals surface area contributed by atoms with Crippen molar-refractivity contribution in [3.05, 3.63) is 42.2 Å². The van der Waals surface area contributed by atoms with E-state index in [0.29, 0.717) is 30.2 Å². The molecule has 0 aromatic carbocycles. The van der Waals surface area contributed by atoms with Gasteiger partial charge in [-0.05, 0) is 145 Å². The molecule has 6 rings (SSSR count). The fraction of sp³-hybridized carbons (Fsp3) is 0.795.